The molecule has 5 nitrogen and oxygen atoms in total. The standard InChI is InChI=1S/C14H20N2O3S/c1-18-9-10-19-8-3-7-16-14(17)13-12(4-2-6-15)5-11-20-13/h5,11H,3,6-10,15H2,1H3,(H,16,17). The molecule has 1 aromatic rings. The maximum atomic E-state index is 12.0. The predicted molar refractivity (Wildman–Crippen MR) is 79.9 cm³/mol. The Kier molecular flexibility index (Phi) is 8.67. The van der Waals surface area contributed by atoms with E-state index in [1.807, 2.05) is 11.4 Å². The summed E-state index contributed by atoms with van der Waals surface area (Å²) in [5, 5.41) is 4.70. The van der Waals surface area contributed by atoms with Crippen LogP contribution in [-0.4, -0.2) is 45.9 Å². The number of amides is 1. The van der Waals surface area contributed by atoms with Crippen LogP contribution in [0, 0.1) is 11.8 Å². The van der Waals surface area contributed by atoms with Crippen molar-refractivity contribution in [2.24, 2.45) is 5.73 Å². The Balaban J connectivity index is 2.27. The fourth-order valence-corrected chi connectivity index (χ4v) is 2.20. The van der Waals surface area contributed by atoms with Crippen LogP contribution in [0.15, 0.2) is 11.4 Å². The average Bonchev–Trinajstić information content (AvgIpc) is 2.92. The third-order valence-corrected chi connectivity index (χ3v) is 3.29. The molecule has 6 heteroatoms. The third kappa shape index (κ3) is 6.17. The van der Waals surface area contributed by atoms with E-state index in [0.29, 0.717) is 31.2 Å². The molecule has 0 aliphatic rings. The molecule has 1 rings (SSSR count). The van der Waals surface area contributed by atoms with Gasteiger partial charge in [-0.15, -0.1) is 11.3 Å². The zero-order valence-corrected chi connectivity index (χ0v) is 12.4. The van der Waals surface area contributed by atoms with Crippen molar-refractivity contribution in [1.82, 2.24) is 5.32 Å². The summed E-state index contributed by atoms with van der Waals surface area (Å²) in [5.74, 6) is 5.55. The van der Waals surface area contributed by atoms with Crippen LogP contribution in [0.1, 0.15) is 21.7 Å². The SMILES string of the molecule is COCCOCCCNC(=O)c1sccc1C#CCN. The van der Waals surface area contributed by atoms with E-state index in [1.54, 1.807) is 7.11 Å². The smallest absolute Gasteiger partial charge is 0.262 e. The first-order valence-corrected chi connectivity index (χ1v) is 7.29. The van der Waals surface area contributed by atoms with Gasteiger partial charge in [-0.05, 0) is 17.9 Å². The molecule has 1 amide bonds. The molecule has 110 valence electrons. The lowest BCUT2D eigenvalue weighted by Crippen LogP contribution is -2.25. The van der Waals surface area contributed by atoms with E-state index in [2.05, 4.69) is 17.2 Å². The fraction of sp³-hybridized carbons (Fsp3) is 0.500. The molecule has 0 saturated carbocycles. The van der Waals surface area contributed by atoms with E-state index < -0.39 is 0 Å². The topological polar surface area (TPSA) is 73.6 Å². The van der Waals surface area contributed by atoms with Crippen molar-refractivity contribution in [2.75, 3.05) is 40.0 Å². The molecular formula is C14H20N2O3S. The van der Waals surface area contributed by atoms with Crippen molar-refractivity contribution in [3.8, 4) is 11.8 Å². The first-order chi connectivity index (χ1) is 9.79. The third-order valence-electron chi connectivity index (χ3n) is 2.38. The Labute approximate surface area is 123 Å². The molecule has 0 aliphatic carbocycles. The molecule has 0 spiro atoms. The summed E-state index contributed by atoms with van der Waals surface area (Å²) in [4.78, 5) is 12.6. The number of ether oxygens (including phenoxy) is 2. The monoisotopic (exact) mass is 296 g/mol. The van der Waals surface area contributed by atoms with Gasteiger partial charge in [0.1, 0.15) is 4.88 Å². The fourth-order valence-electron chi connectivity index (χ4n) is 1.43. The number of carbonyl (C=O) groups excluding carboxylic acids is 1. The van der Waals surface area contributed by atoms with Crippen LogP contribution in [0.25, 0.3) is 0 Å². The molecule has 0 unspecified atom stereocenters. The van der Waals surface area contributed by atoms with E-state index in [-0.39, 0.29) is 12.5 Å². The summed E-state index contributed by atoms with van der Waals surface area (Å²) < 4.78 is 10.2. The molecule has 0 aliphatic heterocycles. The van der Waals surface area contributed by atoms with Gasteiger partial charge in [0.25, 0.3) is 5.91 Å². The van der Waals surface area contributed by atoms with Crippen LogP contribution in [-0.2, 0) is 9.47 Å². The number of hydrogen-bond acceptors (Lipinski definition) is 5. The minimum Gasteiger partial charge on any atom is -0.382 e. The second kappa shape index (κ2) is 10.4. The van der Waals surface area contributed by atoms with Gasteiger partial charge in [0.2, 0.25) is 0 Å². The molecule has 1 heterocycles. The van der Waals surface area contributed by atoms with Crippen molar-refractivity contribution in [3.05, 3.63) is 21.9 Å². The van der Waals surface area contributed by atoms with Gasteiger partial charge < -0.3 is 20.5 Å². The maximum Gasteiger partial charge on any atom is 0.262 e. The highest BCUT2D eigenvalue weighted by Gasteiger charge is 2.10. The molecule has 0 atom stereocenters. The molecule has 0 aromatic carbocycles. The molecule has 1 aromatic heterocycles. The quantitative estimate of drug-likeness (QED) is 0.551. The summed E-state index contributed by atoms with van der Waals surface area (Å²) in [6.07, 6.45) is 0.768. The van der Waals surface area contributed by atoms with Gasteiger partial charge in [-0.25, -0.2) is 0 Å². The Morgan fingerprint density at radius 1 is 1.45 bits per heavy atom. The minimum atomic E-state index is -0.0989. The summed E-state index contributed by atoms with van der Waals surface area (Å²) in [7, 11) is 1.63. The summed E-state index contributed by atoms with van der Waals surface area (Å²) in [6.45, 7) is 2.63. The molecular weight excluding hydrogens is 276 g/mol. The van der Waals surface area contributed by atoms with Crippen LogP contribution in [0.5, 0.6) is 0 Å². The number of methoxy groups -OCH3 is 1. The van der Waals surface area contributed by atoms with Gasteiger partial charge in [0, 0.05) is 25.8 Å². The van der Waals surface area contributed by atoms with Gasteiger partial charge in [0.05, 0.1) is 19.8 Å². The Bertz CT molecular complexity index is 462. The highest BCUT2D eigenvalue weighted by Crippen LogP contribution is 2.15. The van der Waals surface area contributed by atoms with E-state index in [1.165, 1.54) is 11.3 Å². The summed E-state index contributed by atoms with van der Waals surface area (Å²) >= 11 is 1.38. The maximum absolute atomic E-state index is 12.0. The van der Waals surface area contributed by atoms with Gasteiger partial charge in [-0.3, -0.25) is 4.79 Å². The second-order valence-corrected chi connectivity index (χ2v) is 4.80. The predicted octanol–water partition coefficient (Wildman–Crippen LogP) is 0.841. The summed E-state index contributed by atoms with van der Waals surface area (Å²) in [5.41, 5.74) is 6.06. The van der Waals surface area contributed by atoms with Crippen LogP contribution < -0.4 is 11.1 Å². The summed E-state index contributed by atoms with van der Waals surface area (Å²) in [6, 6.07) is 1.83. The number of nitrogens with one attached hydrogen (secondary N) is 1. The normalized spacial score (nSPS) is 9.90. The van der Waals surface area contributed by atoms with Crippen molar-refractivity contribution in [2.45, 2.75) is 6.42 Å². The van der Waals surface area contributed by atoms with Crippen molar-refractivity contribution >= 4 is 17.2 Å². The van der Waals surface area contributed by atoms with Gasteiger partial charge in [0.15, 0.2) is 0 Å². The Morgan fingerprint density at radius 3 is 3.05 bits per heavy atom. The average molecular weight is 296 g/mol. The van der Waals surface area contributed by atoms with Crippen molar-refractivity contribution < 1.29 is 14.3 Å². The lowest BCUT2D eigenvalue weighted by Gasteiger charge is -2.05. The molecule has 0 saturated heterocycles. The molecule has 0 fully saturated rings. The van der Waals surface area contributed by atoms with Crippen molar-refractivity contribution in [3.63, 3.8) is 0 Å². The highest BCUT2D eigenvalue weighted by molar-refractivity contribution is 7.12. The molecule has 20 heavy (non-hydrogen) atoms. The van der Waals surface area contributed by atoms with Crippen LogP contribution >= 0.6 is 11.3 Å². The first-order valence-electron chi connectivity index (χ1n) is 6.41. The number of nitrogens with two attached hydrogens (primary N) is 1. The van der Waals surface area contributed by atoms with E-state index >= 15 is 0 Å². The van der Waals surface area contributed by atoms with Crippen LogP contribution in [0.3, 0.4) is 0 Å². The number of thiophene rings is 1. The highest BCUT2D eigenvalue weighted by atomic mass is 32.1. The number of hydrogen-bond donors (Lipinski definition) is 2. The van der Waals surface area contributed by atoms with E-state index in [4.69, 9.17) is 15.2 Å². The Hall–Kier alpha value is -1.39. The van der Waals surface area contributed by atoms with Crippen LogP contribution in [0.2, 0.25) is 0 Å². The van der Waals surface area contributed by atoms with E-state index in [9.17, 15) is 4.79 Å². The Morgan fingerprint density at radius 2 is 2.30 bits per heavy atom. The van der Waals surface area contributed by atoms with Crippen LogP contribution in [0.4, 0.5) is 0 Å². The van der Waals surface area contributed by atoms with Gasteiger partial charge in [-0.2, -0.15) is 0 Å². The van der Waals surface area contributed by atoms with E-state index in [0.717, 1.165) is 12.0 Å². The largest absolute Gasteiger partial charge is 0.382 e. The zero-order valence-electron chi connectivity index (χ0n) is 11.6. The van der Waals surface area contributed by atoms with Gasteiger partial charge in [-0.1, -0.05) is 11.8 Å². The number of rotatable bonds is 8. The molecule has 3 N–H and O–H groups in total. The first kappa shape index (κ1) is 16.7. The molecule has 0 bridgehead atoms. The molecule has 0 radical (unpaired) electrons. The second-order valence-electron chi connectivity index (χ2n) is 3.88. The van der Waals surface area contributed by atoms with Gasteiger partial charge >= 0.3 is 0 Å². The lowest BCUT2D eigenvalue weighted by atomic mass is 10.2. The van der Waals surface area contributed by atoms with Crippen molar-refractivity contribution in [1.29, 1.82) is 0 Å². The zero-order chi connectivity index (χ0) is 14.6. The number of carbonyl (C=O) groups is 1. The minimum absolute atomic E-state index is 0.0989. The lowest BCUT2D eigenvalue weighted by molar-refractivity contribution is 0.0688.